The minimum Gasteiger partial charge on any atom is -0.506 e. The topological polar surface area (TPSA) is 108 Å². The monoisotopic (exact) mass is 345 g/mol. The fourth-order valence-corrected chi connectivity index (χ4v) is 2.21. The lowest BCUT2D eigenvalue weighted by Crippen LogP contribution is -2.06. The third-order valence-electron chi connectivity index (χ3n) is 2.65. The lowest BCUT2D eigenvalue weighted by molar-refractivity contribution is 0.0693. The van der Waals surface area contributed by atoms with Gasteiger partial charge in [-0.3, -0.25) is 0 Å². The van der Waals surface area contributed by atoms with Crippen LogP contribution in [0.15, 0.2) is 28.4 Å². The smallest absolute Gasteiger partial charge is 0.339 e. The molecular weight excluding hydrogens is 326 g/mol. The second kappa shape index (κ2) is 10.9. The number of para-hydroxylation sites is 1. The molecule has 0 spiro atoms. The van der Waals surface area contributed by atoms with Crippen LogP contribution in [0.2, 0.25) is 0 Å². The fourth-order valence-electron chi connectivity index (χ4n) is 1.54. The van der Waals surface area contributed by atoms with Crippen LogP contribution in [0.5, 0.6) is 5.75 Å². The van der Waals surface area contributed by atoms with Gasteiger partial charge in [0.05, 0.1) is 6.21 Å². The molecule has 0 heterocycles. The highest BCUT2D eigenvalue weighted by Gasteiger charge is 2.11. The molecule has 1 aromatic rings. The van der Waals surface area contributed by atoms with Crippen molar-refractivity contribution in [3.8, 4) is 5.75 Å². The van der Waals surface area contributed by atoms with Crippen LogP contribution in [-0.2, 0) is 0 Å². The summed E-state index contributed by atoms with van der Waals surface area (Å²) in [6.07, 6.45) is 4.65. The number of carboxylic acids is 1. The summed E-state index contributed by atoms with van der Waals surface area (Å²) in [7, 11) is 0. The van der Waals surface area contributed by atoms with Crippen molar-refractivity contribution in [3.63, 3.8) is 0 Å². The zero-order valence-electron chi connectivity index (χ0n) is 12.2. The Bertz CT molecular complexity index is 550. The number of thioether (sulfide) groups is 1. The zero-order valence-corrected chi connectivity index (χ0v) is 13.9. The first-order valence-electron chi connectivity index (χ1n) is 6.60. The van der Waals surface area contributed by atoms with Gasteiger partial charge in [-0.25, -0.2) is 4.79 Å². The number of halogens is 1. The largest absolute Gasteiger partial charge is 0.506 e. The molecule has 0 aliphatic rings. The summed E-state index contributed by atoms with van der Waals surface area (Å²) in [6, 6.07) is 4.39. The van der Waals surface area contributed by atoms with E-state index in [1.165, 1.54) is 30.1 Å². The summed E-state index contributed by atoms with van der Waals surface area (Å²) in [6.45, 7) is 2.13. The van der Waals surface area contributed by atoms with E-state index in [1.807, 2.05) is 0 Å². The van der Waals surface area contributed by atoms with E-state index < -0.39 is 5.97 Å². The molecule has 0 atom stereocenters. The number of nitrogens with zero attached hydrogens (tertiary/aromatic N) is 2. The molecule has 1 aromatic carbocycles. The van der Waals surface area contributed by atoms with Crippen LogP contribution in [0.3, 0.4) is 0 Å². The standard InChI is InChI=1S/C14H19N3O3S.ClH/c1-2-3-4-8-21-14(15)17-16-9-10-6-5-7-11(12(10)18)13(19)20;/h5-7,9,18H,2-4,8H2,1H3,(H2,15,17)(H,19,20);1H/b16-9+;. The van der Waals surface area contributed by atoms with Crippen LogP contribution in [0.4, 0.5) is 0 Å². The van der Waals surface area contributed by atoms with Crippen LogP contribution in [0.1, 0.15) is 42.1 Å². The van der Waals surface area contributed by atoms with Gasteiger partial charge in [-0.05, 0) is 18.6 Å². The predicted octanol–water partition coefficient (Wildman–Crippen LogP) is 3.08. The molecule has 22 heavy (non-hydrogen) atoms. The minimum absolute atomic E-state index is 0. The normalized spacial score (nSPS) is 11.4. The molecule has 0 radical (unpaired) electrons. The van der Waals surface area contributed by atoms with Gasteiger partial charge in [0.1, 0.15) is 11.3 Å². The average molecular weight is 346 g/mol. The predicted molar refractivity (Wildman–Crippen MR) is 93.5 cm³/mol. The van der Waals surface area contributed by atoms with Gasteiger partial charge in [0.25, 0.3) is 0 Å². The maximum absolute atomic E-state index is 10.9. The van der Waals surface area contributed by atoms with Crippen molar-refractivity contribution in [1.29, 1.82) is 0 Å². The number of nitrogens with two attached hydrogens (primary N) is 1. The molecule has 0 aromatic heterocycles. The molecule has 0 saturated carbocycles. The van der Waals surface area contributed by atoms with Gasteiger partial charge in [0.2, 0.25) is 0 Å². The Morgan fingerprint density at radius 3 is 2.77 bits per heavy atom. The van der Waals surface area contributed by atoms with Crippen LogP contribution in [0.25, 0.3) is 0 Å². The van der Waals surface area contributed by atoms with E-state index in [2.05, 4.69) is 17.1 Å². The Balaban J connectivity index is 0.00000441. The maximum Gasteiger partial charge on any atom is 0.339 e. The Labute approximate surface area is 139 Å². The number of hydrogen-bond acceptors (Lipinski definition) is 5. The molecule has 0 amide bonds. The van der Waals surface area contributed by atoms with Crippen LogP contribution >= 0.6 is 24.2 Å². The Morgan fingerprint density at radius 1 is 1.41 bits per heavy atom. The molecule has 0 aliphatic heterocycles. The van der Waals surface area contributed by atoms with Crippen molar-refractivity contribution >= 4 is 41.5 Å². The first-order chi connectivity index (χ1) is 10.1. The van der Waals surface area contributed by atoms with Crippen LogP contribution in [-0.4, -0.2) is 33.3 Å². The first-order valence-corrected chi connectivity index (χ1v) is 7.59. The van der Waals surface area contributed by atoms with E-state index in [0.717, 1.165) is 25.0 Å². The number of hydrogen-bond donors (Lipinski definition) is 3. The Morgan fingerprint density at radius 2 is 2.14 bits per heavy atom. The molecule has 1 rings (SSSR count). The molecule has 0 saturated heterocycles. The van der Waals surface area contributed by atoms with Gasteiger partial charge in [-0.1, -0.05) is 37.6 Å². The lowest BCUT2D eigenvalue weighted by atomic mass is 10.1. The quantitative estimate of drug-likeness (QED) is 0.304. The van der Waals surface area contributed by atoms with E-state index in [1.54, 1.807) is 6.07 Å². The summed E-state index contributed by atoms with van der Waals surface area (Å²) in [5.74, 6) is -0.645. The first kappa shape index (κ1) is 20.3. The third kappa shape index (κ3) is 6.82. The molecule has 4 N–H and O–H groups in total. The average Bonchev–Trinajstić information content (AvgIpc) is 2.45. The molecular formula is C14H20ClN3O3S. The van der Waals surface area contributed by atoms with Crippen LogP contribution < -0.4 is 5.73 Å². The highest BCUT2D eigenvalue weighted by atomic mass is 35.5. The third-order valence-corrected chi connectivity index (χ3v) is 3.52. The van der Waals surface area contributed by atoms with Crippen molar-refractivity contribution in [2.24, 2.45) is 15.9 Å². The summed E-state index contributed by atoms with van der Waals surface area (Å²) in [4.78, 5) is 10.9. The molecule has 8 heteroatoms. The molecule has 122 valence electrons. The molecule has 0 bridgehead atoms. The molecule has 0 aliphatic carbocycles. The Hall–Kier alpha value is -1.73. The summed E-state index contributed by atoms with van der Waals surface area (Å²) < 4.78 is 0. The van der Waals surface area contributed by atoms with Crippen molar-refractivity contribution in [3.05, 3.63) is 29.3 Å². The highest BCUT2D eigenvalue weighted by molar-refractivity contribution is 8.13. The summed E-state index contributed by atoms with van der Waals surface area (Å²) >= 11 is 1.42. The number of aromatic hydroxyl groups is 1. The van der Waals surface area contributed by atoms with Crippen molar-refractivity contribution in [2.75, 3.05) is 5.75 Å². The lowest BCUT2D eigenvalue weighted by Gasteiger charge is -2.01. The zero-order chi connectivity index (χ0) is 15.7. The molecule has 0 unspecified atom stereocenters. The second-order valence-electron chi connectivity index (χ2n) is 4.29. The van der Waals surface area contributed by atoms with Crippen molar-refractivity contribution in [1.82, 2.24) is 0 Å². The van der Waals surface area contributed by atoms with Gasteiger partial charge >= 0.3 is 5.97 Å². The molecule has 0 fully saturated rings. The van der Waals surface area contributed by atoms with E-state index >= 15 is 0 Å². The number of amidine groups is 1. The highest BCUT2D eigenvalue weighted by Crippen LogP contribution is 2.20. The number of carboxylic acid groups (broad SMARTS) is 1. The minimum atomic E-state index is -1.20. The number of benzene rings is 1. The van der Waals surface area contributed by atoms with Gasteiger partial charge in [-0.2, -0.15) is 5.10 Å². The van der Waals surface area contributed by atoms with Gasteiger partial charge in [0, 0.05) is 11.3 Å². The van der Waals surface area contributed by atoms with E-state index in [-0.39, 0.29) is 29.3 Å². The van der Waals surface area contributed by atoms with Gasteiger partial charge in [-0.15, -0.1) is 17.5 Å². The number of unbranched alkanes of at least 4 members (excludes halogenated alkanes) is 2. The Kier molecular flexibility index (Phi) is 10.1. The van der Waals surface area contributed by atoms with E-state index in [0.29, 0.717) is 5.17 Å². The van der Waals surface area contributed by atoms with Gasteiger partial charge < -0.3 is 15.9 Å². The maximum atomic E-state index is 10.9. The van der Waals surface area contributed by atoms with Crippen LogP contribution in [0, 0.1) is 0 Å². The SMILES string of the molecule is CCCCCS/C(N)=N\N=C\c1cccc(C(=O)O)c1O.Cl. The summed E-state index contributed by atoms with van der Waals surface area (Å²) in [5, 5.41) is 26.6. The second-order valence-corrected chi connectivity index (χ2v) is 5.40. The van der Waals surface area contributed by atoms with E-state index in [4.69, 9.17) is 10.8 Å². The number of rotatable bonds is 7. The van der Waals surface area contributed by atoms with E-state index in [9.17, 15) is 9.90 Å². The number of phenols is 1. The number of carbonyl (C=O) groups is 1. The van der Waals surface area contributed by atoms with Crippen molar-refractivity contribution in [2.45, 2.75) is 26.2 Å². The summed E-state index contributed by atoms with van der Waals surface area (Å²) in [5.41, 5.74) is 5.78. The number of aromatic carboxylic acids is 1. The van der Waals surface area contributed by atoms with Gasteiger partial charge in [0.15, 0.2) is 5.17 Å². The fraction of sp³-hybridized carbons (Fsp3) is 0.357. The van der Waals surface area contributed by atoms with Crippen molar-refractivity contribution < 1.29 is 15.0 Å². The molecule has 6 nitrogen and oxygen atoms in total.